The molecule has 0 radical (unpaired) electrons. The summed E-state index contributed by atoms with van der Waals surface area (Å²) in [5.74, 6) is -0.417. The maximum absolute atomic E-state index is 11.7. The molecule has 2 saturated heterocycles. The van der Waals surface area contributed by atoms with Crippen LogP contribution in [0.4, 0.5) is 5.69 Å². The molecule has 1 amide bonds. The van der Waals surface area contributed by atoms with Gasteiger partial charge >= 0.3 is 0 Å². The number of primary amides is 1. The molecule has 5 heteroatoms. The quantitative estimate of drug-likeness (QED) is 0.767. The maximum atomic E-state index is 11.7. The van der Waals surface area contributed by atoms with Crippen molar-refractivity contribution >= 4 is 17.7 Å². The van der Waals surface area contributed by atoms with E-state index in [-0.39, 0.29) is 0 Å². The Morgan fingerprint density at radius 1 is 1.45 bits per heavy atom. The van der Waals surface area contributed by atoms with Crippen LogP contribution in [0.1, 0.15) is 40.9 Å². The number of pyridine rings is 1. The number of hydrogen-bond acceptors (Lipinski definition) is 4. The second-order valence-corrected chi connectivity index (χ2v) is 5.91. The van der Waals surface area contributed by atoms with Gasteiger partial charge in [-0.15, -0.1) is 0 Å². The second kappa shape index (κ2) is 4.31. The van der Waals surface area contributed by atoms with Gasteiger partial charge in [0.05, 0.1) is 16.9 Å². The fourth-order valence-corrected chi connectivity index (χ4v) is 3.71. The lowest BCUT2D eigenvalue weighted by Crippen LogP contribution is -2.34. The third-order valence-electron chi connectivity index (χ3n) is 4.69. The summed E-state index contributed by atoms with van der Waals surface area (Å²) < 4.78 is 0. The lowest BCUT2D eigenvalue weighted by molar-refractivity contribution is 0.100. The Morgan fingerprint density at radius 2 is 2.35 bits per heavy atom. The number of allylic oxidation sites excluding steroid dienone is 1. The van der Waals surface area contributed by atoms with Gasteiger partial charge in [-0.2, -0.15) is 0 Å². The largest absolute Gasteiger partial charge is 0.379 e. The summed E-state index contributed by atoms with van der Waals surface area (Å²) in [6, 6.07) is 1.52. The highest BCUT2D eigenvalue weighted by Crippen LogP contribution is 2.34. The zero-order valence-electron chi connectivity index (χ0n) is 11.2. The van der Waals surface area contributed by atoms with Gasteiger partial charge < -0.3 is 16.4 Å². The van der Waals surface area contributed by atoms with E-state index >= 15 is 0 Å². The summed E-state index contributed by atoms with van der Waals surface area (Å²) in [6.45, 7) is 0. The van der Waals surface area contributed by atoms with Gasteiger partial charge in [0.15, 0.2) is 0 Å². The molecule has 4 N–H and O–H groups in total. The van der Waals surface area contributed by atoms with Crippen molar-refractivity contribution in [1.82, 2.24) is 10.3 Å². The minimum atomic E-state index is -0.417. The molecule has 1 aliphatic carbocycles. The van der Waals surface area contributed by atoms with Crippen LogP contribution in [0.2, 0.25) is 0 Å². The lowest BCUT2D eigenvalue weighted by Gasteiger charge is -2.25. The minimum absolute atomic E-state index is 0.382. The molecular weight excluding hydrogens is 252 g/mol. The highest BCUT2D eigenvalue weighted by Gasteiger charge is 2.39. The summed E-state index contributed by atoms with van der Waals surface area (Å²) in [4.78, 5) is 16.0. The van der Waals surface area contributed by atoms with E-state index in [2.05, 4.69) is 21.7 Å². The van der Waals surface area contributed by atoms with Crippen LogP contribution in [-0.4, -0.2) is 29.0 Å². The van der Waals surface area contributed by atoms with Gasteiger partial charge in [0, 0.05) is 36.3 Å². The van der Waals surface area contributed by atoms with E-state index < -0.39 is 5.91 Å². The molecule has 1 unspecified atom stereocenters. The molecule has 2 bridgehead atoms. The smallest absolute Gasteiger partial charge is 0.252 e. The van der Waals surface area contributed by atoms with E-state index in [1.165, 1.54) is 12.8 Å². The number of amides is 1. The van der Waals surface area contributed by atoms with E-state index in [1.54, 1.807) is 6.20 Å². The molecule has 3 aliphatic rings. The van der Waals surface area contributed by atoms with E-state index in [9.17, 15) is 4.79 Å². The van der Waals surface area contributed by atoms with Crippen molar-refractivity contribution in [2.45, 2.75) is 43.8 Å². The Morgan fingerprint density at radius 3 is 3.05 bits per heavy atom. The number of carbonyl (C=O) groups is 1. The fourth-order valence-electron chi connectivity index (χ4n) is 3.71. The van der Waals surface area contributed by atoms with Crippen molar-refractivity contribution in [2.24, 2.45) is 5.73 Å². The zero-order valence-corrected chi connectivity index (χ0v) is 11.2. The molecule has 4 rings (SSSR count). The minimum Gasteiger partial charge on any atom is -0.379 e. The zero-order chi connectivity index (χ0) is 13.7. The Labute approximate surface area is 117 Å². The fraction of sp³-hybridized carbons (Fsp3) is 0.467. The molecule has 1 aromatic rings. The summed E-state index contributed by atoms with van der Waals surface area (Å²) in [5.41, 5.74) is 8.92. The van der Waals surface area contributed by atoms with E-state index in [0.717, 1.165) is 29.8 Å². The SMILES string of the molecule is NC(=O)c1cnc2c(c1NC1C[C@@H]3CC[C@H]1N3)C=CC2. The monoisotopic (exact) mass is 270 g/mol. The standard InChI is InChI=1S/C15H18N4O/c16-15(20)10-7-17-11-3-1-2-9(11)14(10)19-13-6-8-4-5-12(13)18-8/h1-2,7-8,12-13,18H,3-6H2,(H2,16,20)(H,17,19)/t8-,12+,13?/m0/s1. The number of fused-ring (bicyclic) bond motifs is 3. The summed E-state index contributed by atoms with van der Waals surface area (Å²) in [6.07, 6.45) is 10.1. The van der Waals surface area contributed by atoms with Crippen LogP contribution in [0.15, 0.2) is 12.3 Å². The Kier molecular flexibility index (Phi) is 2.57. The first-order valence-corrected chi connectivity index (χ1v) is 7.23. The van der Waals surface area contributed by atoms with Crippen LogP contribution in [0.5, 0.6) is 0 Å². The van der Waals surface area contributed by atoms with Crippen LogP contribution in [-0.2, 0) is 6.42 Å². The predicted molar refractivity (Wildman–Crippen MR) is 77.5 cm³/mol. The van der Waals surface area contributed by atoms with Gasteiger partial charge in [0.25, 0.3) is 5.91 Å². The summed E-state index contributed by atoms with van der Waals surface area (Å²) in [7, 11) is 0. The number of hydrogen-bond donors (Lipinski definition) is 3. The Hall–Kier alpha value is -1.88. The molecular formula is C15H18N4O. The van der Waals surface area contributed by atoms with Crippen molar-refractivity contribution in [3.05, 3.63) is 29.1 Å². The molecule has 3 atom stereocenters. The van der Waals surface area contributed by atoms with Crippen LogP contribution in [0.3, 0.4) is 0 Å². The first-order valence-electron chi connectivity index (χ1n) is 7.23. The first-order chi connectivity index (χ1) is 9.72. The van der Waals surface area contributed by atoms with Gasteiger partial charge in [-0.1, -0.05) is 12.2 Å². The van der Waals surface area contributed by atoms with Crippen molar-refractivity contribution in [3.8, 4) is 0 Å². The normalized spacial score (nSPS) is 29.7. The molecule has 0 spiro atoms. The van der Waals surface area contributed by atoms with Crippen molar-refractivity contribution in [3.63, 3.8) is 0 Å². The molecule has 5 nitrogen and oxygen atoms in total. The molecule has 2 fully saturated rings. The average Bonchev–Trinajstić information content (AvgIpc) is 3.14. The number of rotatable bonds is 3. The van der Waals surface area contributed by atoms with Crippen molar-refractivity contribution in [1.29, 1.82) is 0 Å². The highest BCUT2D eigenvalue weighted by molar-refractivity contribution is 6.00. The lowest BCUT2D eigenvalue weighted by atomic mass is 9.94. The predicted octanol–water partition coefficient (Wildman–Crippen LogP) is 1.05. The molecule has 20 heavy (non-hydrogen) atoms. The number of nitrogens with zero attached hydrogens (tertiary/aromatic N) is 1. The van der Waals surface area contributed by atoms with Crippen LogP contribution in [0.25, 0.3) is 6.08 Å². The molecule has 0 aromatic carbocycles. The van der Waals surface area contributed by atoms with Crippen molar-refractivity contribution < 1.29 is 4.79 Å². The number of nitrogens with two attached hydrogens (primary N) is 1. The highest BCUT2D eigenvalue weighted by atomic mass is 16.1. The third-order valence-corrected chi connectivity index (χ3v) is 4.69. The van der Waals surface area contributed by atoms with Gasteiger partial charge in [-0.25, -0.2) is 0 Å². The molecule has 3 heterocycles. The summed E-state index contributed by atoms with van der Waals surface area (Å²) in [5, 5.41) is 7.17. The average molecular weight is 270 g/mol. The molecule has 0 saturated carbocycles. The number of nitrogens with one attached hydrogen (secondary N) is 2. The van der Waals surface area contributed by atoms with Gasteiger partial charge in [-0.05, 0) is 19.3 Å². The molecule has 1 aromatic heterocycles. The summed E-state index contributed by atoms with van der Waals surface area (Å²) >= 11 is 0. The van der Waals surface area contributed by atoms with E-state index in [4.69, 9.17) is 5.73 Å². The Bertz CT molecular complexity index is 610. The van der Waals surface area contributed by atoms with Gasteiger partial charge in [0.2, 0.25) is 0 Å². The number of aromatic nitrogens is 1. The molecule has 2 aliphatic heterocycles. The van der Waals surface area contributed by atoms with Crippen LogP contribution >= 0.6 is 0 Å². The van der Waals surface area contributed by atoms with E-state index in [0.29, 0.717) is 23.7 Å². The molecule has 104 valence electrons. The van der Waals surface area contributed by atoms with Gasteiger partial charge in [-0.3, -0.25) is 9.78 Å². The van der Waals surface area contributed by atoms with E-state index in [1.807, 2.05) is 6.08 Å². The van der Waals surface area contributed by atoms with Crippen LogP contribution in [0, 0.1) is 0 Å². The Balaban J connectivity index is 1.71. The number of carbonyl (C=O) groups excluding carboxylic acids is 1. The van der Waals surface area contributed by atoms with Gasteiger partial charge in [0.1, 0.15) is 0 Å². The second-order valence-electron chi connectivity index (χ2n) is 5.91. The maximum Gasteiger partial charge on any atom is 0.252 e. The number of anilines is 1. The topological polar surface area (TPSA) is 80.0 Å². The first kappa shape index (κ1) is 11.9. The van der Waals surface area contributed by atoms with Crippen molar-refractivity contribution in [2.75, 3.05) is 5.32 Å². The third kappa shape index (κ3) is 1.73. The van der Waals surface area contributed by atoms with Crippen LogP contribution < -0.4 is 16.4 Å².